The molecule has 0 aromatic rings. The van der Waals surface area contributed by atoms with Gasteiger partial charge in [0.2, 0.25) is 0 Å². The fraction of sp³-hybridized carbons (Fsp3) is 1.00. The lowest BCUT2D eigenvalue weighted by atomic mass is 10.0. The Morgan fingerprint density at radius 2 is 0.875 bits per heavy atom. The Labute approximate surface area is 150 Å². The standard InChI is InChI=1S/C18H38O4S2/c1-7-9-11-13-17(3,4)23(19,20)15-16-24(21,22)18(5,6)14-12-10-8-2/h7-16H2,1-6H3. The molecule has 0 saturated carbocycles. The molecular weight excluding hydrogens is 344 g/mol. The van der Waals surface area contributed by atoms with Crippen LogP contribution in [0.3, 0.4) is 0 Å². The Hall–Kier alpha value is -0.100. The lowest BCUT2D eigenvalue weighted by Crippen LogP contribution is -2.40. The Morgan fingerprint density at radius 3 is 1.12 bits per heavy atom. The lowest BCUT2D eigenvalue weighted by molar-refractivity contribution is 0.500. The number of unbranched alkanes of at least 4 members (excludes halogenated alkanes) is 4. The van der Waals surface area contributed by atoms with E-state index in [0.29, 0.717) is 12.8 Å². The molecule has 0 spiro atoms. The van der Waals surface area contributed by atoms with E-state index in [1.54, 1.807) is 27.7 Å². The largest absolute Gasteiger partial charge is 0.228 e. The maximum absolute atomic E-state index is 12.6. The van der Waals surface area contributed by atoms with Gasteiger partial charge in [0.1, 0.15) is 0 Å². The van der Waals surface area contributed by atoms with Crippen molar-refractivity contribution in [3.8, 4) is 0 Å². The minimum atomic E-state index is -3.44. The molecule has 0 radical (unpaired) electrons. The summed E-state index contributed by atoms with van der Waals surface area (Å²) in [7, 11) is -6.88. The van der Waals surface area contributed by atoms with E-state index >= 15 is 0 Å². The average Bonchev–Trinajstić information content (AvgIpc) is 2.45. The van der Waals surface area contributed by atoms with Gasteiger partial charge in [-0.05, 0) is 40.5 Å². The van der Waals surface area contributed by atoms with Crippen molar-refractivity contribution in [1.29, 1.82) is 0 Å². The normalized spacial score (nSPS) is 14.1. The van der Waals surface area contributed by atoms with Gasteiger partial charge in [0, 0.05) is 0 Å². The highest BCUT2D eigenvalue weighted by Gasteiger charge is 2.38. The SMILES string of the molecule is CCCCCC(C)(C)S(=O)(=O)CCS(=O)(=O)C(C)(C)CCCCC. The second-order valence-electron chi connectivity index (χ2n) is 8.07. The molecule has 0 unspecified atom stereocenters. The highest BCUT2D eigenvalue weighted by Crippen LogP contribution is 2.28. The van der Waals surface area contributed by atoms with Crippen molar-refractivity contribution in [2.45, 2.75) is 102 Å². The molecule has 146 valence electrons. The highest BCUT2D eigenvalue weighted by atomic mass is 32.2. The predicted molar refractivity (Wildman–Crippen MR) is 104 cm³/mol. The van der Waals surface area contributed by atoms with Crippen LogP contribution >= 0.6 is 0 Å². The summed E-state index contributed by atoms with van der Waals surface area (Å²) in [6.07, 6.45) is 6.97. The quantitative estimate of drug-likeness (QED) is 0.439. The van der Waals surface area contributed by atoms with E-state index < -0.39 is 29.2 Å². The Kier molecular flexibility index (Phi) is 9.52. The summed E-state index contributed by atoms with van der Waals surface area (Å²) in [6, 6.07) is 0. The first-order valence-electron chi connectivity index (χ1n) is 9.27. The topological polar surface area (TPSA) is 68.3 Å². The van der Waals surface area contributed by atoms with E-state index in [9.17, 15) is 16.8 Å². The number of rotatable bonds is 13. The van der Waals surface area contributed by atoms with Crippen LogP contribution in [0.25, 0.3) is 0 Å². The third kappa shape index (κ3) is 7.03. The third-order valence-electron chi connectivity index (χ3n) is 5.07. The molecule has 0 heterocycles. The fourth-order valence-corrected chi connectivity index (χ4v) is 6.46. The van der Waals surface area contributed by atoms with Crippen LogP contribution in [0.1, 0.15) is 92.9 Å². The summed E-state index contributed by atoms with van der Waals surface area (Å²) in [5.74, 6) is -0.544. The van der Waals surface area contributed by atoms with Crippen molar-refractivity contribution in [3.05, 3.63) is 0 Å². The minimum absolute atomic E-state index is 0.272. The molecule has 0 aliphatic heterocycles. The third-order valence-corrected chi connectivity index (χ3v) is 10.6. The van der Waals surface area contributed by atoms with Crippen molar-refractivity contribution < 1.29 is 16.8 Å². The van der Waals surface area contributed by atoms with Crippen LogP contribution in [-0.2, 0) is 19.7 Å². The van der Waals surface area contributed by atoms with Crippen LogP contribution in [0.2, 0.25) is 0 Å². The smallest absolute Gasteiger partial charge is 0.156 e. The molecule has 0 atom stereocenters. The molecule has 24 heavy (non-hydrogen) atoms. The van der Waals surface area contributed by atoms with Crippen LogP contribution in [0.15, 0.2) is 0 Å². The summed E-state index contributed by atoms with van der Waals surface area (Å²) in [5.41, 5.74) is 0. The van der Waals surface area contributed by atoms with E-state index in [0.717, 1.165) is 38.5 Å². The van der Waals surface area contributed by atoms with E-state index in [4.69, 9.17) is 0 Å². The molecule has 0 bridgehead atoms. The van der Waals surface area contributed by atoms with Crippen molar-refractivity contribution in [2.24, 2.45) is 0 Å². The van der Waals surface area contributed by atoms with Crippen LogP contribution in [0.4, 0.5) is 0 Å². The van der Waals surface area contributed by atoms with E-state index in [2.05, 4.69) is 13.8 Å². The average molecular weight is 383 g/mol. The van der Waals surface area contributed by atoms with Gasteiger partial charge in [0.25, 0.3) is 0 Å². The molecule has 4 nitrogen and oxygen atoms in total. The molecule has 0 aliphatic rings. The van der Waals surface area contributed by atoms with Gasteiger partial charge in [0.15, 0.2) is 19.7 Å². The summed E-state index contributed by atoms with van der Waals surface area (Å²) in [4.78, 5) is 0. The van der Waals surface area contributed by atoms with Crippen LogP contribution in [0.5, 0.6) is 0 Å². The van der Waals surface area contributed by atoms with Gasteiger partial charge in [0.05, 0.1) is 21.0 Å². The van der Waals surface area contributed by atoms with E-state index in [-0.39, 0.29) is 11.5 Å². The zero-order valence-corrected chi connectivity index (χ0v) is 18.2. The molecule has 0 aliphatic carbocycles. The van der Waals surface area contributed by atoms with Gasteiger partial charge in [-0.3, -0.25) is 0 Å². The Morgan fingerprint density at radius 1 is 0.583 bits per heavy atom. The first kappa shape index (κ1) is 23.9. The monoisotopic (exact) mass is 382 g/mol. The fourth-order valence-electron chi connectivity index (χ4n) is 2.68. The summed E-state index contributed by atoms with van der Waals surface area (Å²) < 4.78 is 48.7. The van der Waals surface area contributed by atoms with Crippen molar-refractivity contribution in [3.63, 3.8) is 0 Å². The van der Waals surface area contributed by atoms with Crippen molar-refractivity contribution in [1.82, 2.24) is 0 Å². The highest BCUT2D eigenvalue weighted by molar-refractivity contribution is 7.96. The second kappa shape index (κ2) is 9.56. The number of sulfone groups is 2. The number of hydrogen-bond acceptors (Lipinski definition) is 4. The molecule has 0 saturated heterocycles. The van der Waals surface area contributed by atoms with Crippen LogP contribution in [-0.4, -0.2) is 37.8 Å². The molecule has 0 rings (SSSR count). The first-order chi connectivity index (χ1) is 10.8. The lowest BCUT2D eigenvalue weighted by Gasteiger charge is -2.28. The maximum atomic E-state index is 12.6. The first-order valence-corrected chi connectivity index (χ1v) is 12.6. The zero-order chi connectivity index (χ0) is 19.1. The number of hydrogen-bond donors (Lipinski definition) is 0. The maximum Gasteiger partial charge on any atom is 0.156 e. The van der Waals surface area contributed by atoms with Gasteiger partial charge < -0.3 is 0 Å². The van der Waals surface area contributed by atoms with Crippen LogP contribution in [0, 0.1) is 0 Å². The van der Waals surface area contributed by atoms with Gasteiger partial charge in [-0.2, -0.15) is 0 Å². The van der Waals surface area contributed by atoms with Crippen molar-refractivity contribution >= 4 is 19.7 Å². The summed E-state index contributed by atoms with van der Waals surface area (Å²) >= 11 is 0. The van der Waals surface area contributed by atoms with Crippen LogP contribution < -0.4 is 0 Å². The van der Waals surface area contributed by atoms with E-state index in [1.165, 1.54) is 0 Å². The Balaban J connectivity index is 4.89. The molecular formula is C18H38O4S2. The molecule has 6 heteroatoms. The second-order valence-corrected chi connectivity index (χ2v) is 13.6. The minimum Gasteiger partial charge on any atom is -0.228 e. The molecule has 0 aromatic carbocycles. The Bertz CT molecular complexity index is 506. The molecule has 0 fully saturated rings. The van der Waals surface area contributed by atoms with Gasteiger partial charge in [-0.25, -0.2) is 16.8 Å². The summed E-state index contributed by atoms with van der Waals surface area (Å²) in [6.45, 7) is 11.0. The predicted octanol–water partition coefficient (Wildman–Crippen LogP) is 4.53. The molecule has 0 aromatic heterocycles. The van der Waals surface area contributed by atoms with E-state index in [1.807, 2.05) is 0 Å². The summed E-state index contributed by atoms with van der Waals surface area (Å²) in [5, 5.41) is 0. The van der Waals surface area contributed by atoms with Gasteiger partial charge >= 0.3 is 0 Å². The zero-order valence-electron chi connectivity index (χ0n) is 16.5. The molecule has 0 amide bonds. The van der Waals surface area contributed by atoms with Gasteiger partial charge in [-0.15, -0.1) is 0 Å². The van der Waals surface area contributed by atoms with Gasteiger partial charge in [-0.1, -0.05) is 52.4 Å². The molecule has 0 N–H and O–H groups in total. The van der Waals surface area contributed by atoms with Crippen molar-refractivity contribution in [2.75, 3.05) is 11.5 Å².